The summed E-state index contributed by atoms with van der Waals surface area (Å²) in [5, 5.41) is 3.43. The molecule has 0 saturated heterocycles. The predicted octanol–water partition coefficient (Wildman–Crippen LogP) is 4.08. The molecule has 2 bridgehead atoms. The Morgan fingerprint density at radius 3 is 2.38 bits per heavy atom. The van der Waals surface area contributed by atoms with Gasteiger partial charge in [0.2, 0.25) is 5.91 Å². The van der Waals surface area contributed by atoms with Gasteiger partial charge in [0, 0.05) is 12.1 Å². The Morgan fingerprint density at radius 2 is 1.77 bits per heavy atom. The van der Waals surface area contributed by atoms with E-state index < -0.39 is 5.41 Å². The Hall–Kier alpha value is -1.13. The maximum atomic E-state index is 13.8. The summed E-state index contributed by atoms with van der Waals surface area (Å²) >= 11 is 0. The number of nitrogens with two attached hydrogens (primary N) is 1. The van der Waals surface area contributed by atoms with E-state index in [0.717, 1.165) is 44.1 Å². The maximum Gasteiger partial charge on any atom is 0.230 e. The number of amides is 1. The van der Waals surface area contributed by atoms with Crippen molar-refractivity contribution in [1.82, 2.24) is 5.32 Å². The van der Waals surface area contributed by atoms with Gasteiger partial charge in [0.05, 0.1) is 5.41 Å². The van der Waals surface area contributed by atoms with Crippen molar-refractivity contribution in [1.29, 1.82) is 0 Å². The average molecular weight is 381 g/mol. The Kier molecular flexibility index (Phi) is 5.93. The predicted molar refractivity (Wildman–Crippen MR) is 104 cm³/mol. The number of benzene rings is 1. The number of hydrogen-bond donors (Lipinski definition) is 2. The lowest BCUT2D eigenvalue weighted by Gasteiger charge is -2.46. The van der Waals surface area contributed by atoms with Gasteiger partial charge in [0.15, 0.2) is 0 Å². The van der Waals surface area contributed by atoms with Gasteiger partial charge in [0.25, 0.3) is 0 Å². The Bertz CT molecular complexity index is 633. The normalized spacial score (nSPS) is 32.5. The number of hydrogen-bond acceptors (Lipinski definition) is 2. The number of carbonyl (C=O) groups excluding carboxylic acids is 1. The van der Waals surface area contributed by atoms with Gasteiger partial charge in [-0.3, -0.25) is 4.79 Å². The molecule has 1 aromatic carbocycles. The van der Waals surface area contributed by atoms with Crippen LogP contribution >= 0.6 is 12.4 Å². The summed E-state index contributed by atoms with van der Waals surface area (Å²) in [5.74, 6) is 0.889. The van der Waals surface area contributed by atoms with Crippen LogP contribution in [0.15, 0.2) is 24.3 Å². The van der Waals surface area contributed by atoms with E-state index >= 15 is 0 Å². The molecule has 4 rings (SSSR count). The molecule has 0 aromatic heterocycles. The van der Waals surface area contributed by atoms with Crippen molar-refractivity contribution in [3.63, 3.8) is 0 Å². The van der Waals surface area contributed by atoms with E-state index in [4.69, 9.17) is 5.73 Å². The fourth-order valence-electron chi connectivity index (χ4n) is 5.73. The third-order valence-electron chi connectivity index (χ3n) is 6.94. The van der Waals surface area contributed by atoms with E-state index in [1.165, 1.54) is 25.3 Å². The molecule has 0 heterocycles. The van der Waals surface area contributed by atoms with E-state index in [-0.39, 0.29) is 36.2 Å². The second-order valence-electron chi connectivity index (χ2n) is 8.48. The summed E-state index contributed by atoms with van der Waals surface area (Å²) in [7, 11) is 0. The van der Waals surface area contributed by atoms with Gasteiger partial charge >= 0.3 is 0 Å². The molecule has 1 aromatic rings. The third kappa shape index (κ3) is 3.50. The standard InChI is InChI=1S/C21H29FN2O.ClH/c22-17-8-4-7-16(13-17)21(9-1-2-10-21)20(25)24-19-14-5-3-6-15(19)12-18(23)11-14;/h4,7-8,13-15,18-19H,1-3,5-6,9-12,23H2,(H,24,25);1H. The van der Waals surface area contributed by atoms with Crippen LogP contribution in [-0.2, 0) is 10.2 Å². The van der Waals surface area contributed by atoms with Crippen LogP contribution in [0.1, 0.15) is 63.4 Å². The first-order chi connectivity index (χ1) is 12.1. The van der Waals surface area contributed by atoms with Crippen molar-refractivity contribution in [3.05, 3.63) is 35.6 Å². The molecule has 3 N–H and O–H groups in total. The summed E-state index contributed by atoms with van der Waals surface area (Å²) in [6, 6.07) is 7.21. The molecule has 3 aliphatic rings. The molecule has 3 saturated carbocycles. The minimum Gasteiger partial charge on any atom is -0.352 e. The Labute approximate surface area is 161 Å². The lowest BCUT2D eigenvalue weighted by atomic mass is 9.66. The van der Waals surface area contributed by atoms with E-state index in [0.29, 0.717) is 11.8 Å². The average Bonchev–Trinajstić information content (AvgIpc) is 3.07. The zero-order chi connectivity index (χ0) is 17.4. The van der Waals surface area contributed by atoms with Gasteiger partial charge in [-0.15, -0.1) is 12.4 Å². The molecule has 0 spiro atoms. The number of halogens is 2. The number of nitrogens with one attached hydrogen (secondary N) is 1. The van der Waals surface area contributed by atoms with E-state index in [1.54, 1.807) is 12.1 Å². The van der Waals surface area contributed by atoms with Gasteiger partial charge in [-0.2, -0.15) is 0 Å². The highest BCUT2D eigenvalue weighted by Crippen LogP contribution is 2.44. The van der Waals surface area contributed by atoms with Gasteiger partial charge in [-0.1, -0.05) is 31.4 Å². The van der Waals surface area contributed by atoms with Crippen LogP contribution in [-0.4, -0.2) is 18.0 Å². The first kappa shape index (κ1) is 19.6. The Balaban J connectivity index is 0.00000196. The topological polar surface area (TPSA) is 55.1 Å². The highest BCUT2D eigenvalue weighted by molar-refractivity contribution is 5.89. The van der Waals surface area contributed by atoms with Crippen molar-refractivity contribution >= 4 is 18.3 Å². The highest BCUT2D eigenvalue weighted by Gasteiger charge is 2.46. The van der Waals surface area contributed by atoms with E-state index in [9.17, 15) is 9.18 Å². The fourth-order valence-corrected chi connectivity index (χ4v) is 5.73. The summed E-state index contributed by atoms with van der Waals surface area (Å²) in [6.07, 6.45) is 9.35. The van der Waals surface area contributed by atoms with Gasteiger partial charge in [-0.05, 0) is 68.1 Å². The molecule has 1 amide bonds. The van der Waals surface area contributed by atoms with Crippen molar-refractivity contribution < 1.29 is 9.18 Å². The first-order valence-corrected chi connectivity index (χ1v) is 9.91. The second kappa shape index (κ2) is 7.85. The van der Waals surface area contributed by atoms with Crippen LogP contribution in [0.3, 0.4) is 0 Å². The van der Waals surface area contributed by atoms with Gasteiger partial charge < -0.3 is 11.1 Å². The Morgan fingerprint density at radius 1 is 1.12 bits per heavy atom. The minimum atomic E-state index is -0.546. The quantitative estimate of drug-likeness (QED) is 0.830. The van der Waals surface area contributed by atoms with Crippen LogP contribution < -0.4 is 11.1 Å². The van der Waals surface area contributed by atoms with Crippen LogP contribution in [0.4, 0.5) is 4.39 Å². The van der Waals surface area contributed by atoms with Gasteiger partial charge in [0.1, 0.15) is 5.82 Å². The minimum absolute atomic E-state index is 0. The van der Waals surface area contributed by atoms with Crippen LogP contribution in [0, 0.1) is 17.7 Å². The van der Waals surface area contributed by atoms with Crippen molar-refractivity contribution in [2.75, 3.05) is 0 Å². The molecular weight excluding hydrogens is 351 g/mol. The molecule has 3 nitrogen and oxygen atoms in total. The number of carbonyl (C=O) groups is 1. The molecule has 2 unspecified atom stereocenters. The number of rotatable bonds is 3. The fraction of sp³-hybridized carbons (Fsp3) is 0.667. The smallest absolute Gasteiger partial charge is 0.230 e. The summed E-state index contributed by atoms with van der Waals surface area (Å²) in [5.41, 5.74) is 6.52. The lowest BCUT2D eigenvalue weighted by molar-refractivity contribution is -0.129. The van der Waals surface area contributed by atoms with Crippen LogP contribution in [0.2, 0.25) is 0 Å². The summed E-state index contributed by atoms with van der Waals surface area (Å²) in [6.45, 7) is 0. The lowest BCUT2D eigenvalue weighted by Crippen LogP contribution is -2.57. The van der Waals surface area contributed by atoms with E-state index in [1.807, 2.05) is 6.07 Å². The monoisotopic (exact) mass is 380 g/mol. The molecule has 5 heteroatoms. The van der Waals surface area contributed by atoms with Crippen LogP contribution in [0.25, 0.3) is 0 Å². The molecule has 3 fully saturated rings. The number of fused-ring (bicyclic) bond motifs is 2. The molecule has 26 heavy (non-hydrogen) atoms. The van der Waals surface area contributed by atoms with Crippen molar-refractivity contribution in [3.8, 4) is 0 Å². The second-order valence-corrected chi connectivity index (χ2v) is 8.48. The largest absolute Gasteiger partial charge is 0.352 e. The summed E-state index contributed by atoms with van der Waals surface area (Å²) < 4.78 is 13.8. The molecule has 0 radical (unpaired) electrons. The zero-order valence-corrected chi connectivity index (χ0v) is 16.1. The van der Waals surface area contributed by atoms with Crippen molar-refractivity contribution in [2.24, 2.45) is 17.6 Å². The molecule has 3 aliphatic carbocycles. The van der Waals surface area contributed by atoms with E-state index in [2.05, 4.69) is 5.32 Å². The molecule has 144 valence electrons. The SMILES string of the molecule is Cl.NC1CC2CCCC(C1)C2NC(=O)C1(c2cccc(F)c2)CCCC1. The molecular formula is C21H30ClFN2O. The zero-order valence-electron chi connectivity index (χ0n) is 15.3. The van der Waals surface area contributed by atoms with Crippen LogP contribution in [0.5, 0.6) is 0 Å². The first-order valence-electron chi connectivity index (χ1n) is 9.91. The molecule has 2 atom stereocenters. The maximum absolute atomic E-state index is 13.8. The molecule has 0 aliphatic heterocycles. The highest BCUT2D eigenvalue weighted by atomic mass is 35.5. The van der Waals surface area contributed by atoms with Gasteiger partial charge in [-0.25, -0.2) is 4.39 Å². The van der Waals surface area contributed by atoms with Crippen molar-refractivity contribution in [2.45, 2.75) is 75.3 Å². The summed E-state index contributed by atoms with van der Waals surface area (Å²) in [4.78, 5) is 13.4. The third-order valence-corrected chi connectivity index (χ3v) is 6.94.